The number of hydrogen-bond donors (Lipinski definition) is 3. The largest absolute Gasteiger partial charge is 0.396 e. The van der Waals surface area contributed by atoms with Crippen LogP contribution in [0.25, 0.3) is 0 Å². The van der Waals surface area contributed by atoms with Crippen molar-refractivity contribution in [1.82, 2.24) is 5.32 Å². The van der Waals surface area contributed by atoms with Crippen LogP contribution in [-0.4, -0.2) is 30.3 Å². The summed E-state index contributed by atoms with van der Waals surface area (Å²) in [6.07, 6.45) is 8.13. The molecule has 0 radical (unpaired) electrons. The van der Waals surface area contributed by atoms with Crippen LogP contribution in [0.3, 0.4) is 0 Å². The van der Waals surface area contributed by atoms with Gasteiger partial charge in [-0.2, -0.15) is 0 Å². The van der Waals surface area contributed by atoms with Crippen molar-refractivity contribution >= 4 is 0 Å². The Balaban J connectivity index is 1.95. The summed E-state index contributed by atoms with van der Waals surface area (Å²) in [6, 6.07) is 1.06. The summed E-state index contributed by atoms with van der Waals surface area (Å²) in [5.41, 5.74) is 5.90. The predicted molar refractivity (Wildman–Crippen MR) is 59.2 cm³/mol. The first-order valence-electron chi connectivity index (χ1n) is 5.92. The Morgan fingerprint density at radius 2 is 2.07 bits per heavy atom. The number of hydrogen-bond acceptors (Lipinski definition) is 3. The van der Waals surface area contributed by atoms with Crippen LogP contribution in [-0.2, 0) is 0 Å². The lowest BCUT2D eigenvalue weighted by Gasteiger charge is -2.27. The molecule has 0 heterocycles. The zero-order chi connectivity index (χ0) is 10.2. The second-order valence-corrected chi connectivity index (χ2v) is 4.36. The van der Waals surface area contributed by atoms with Crippen LogP contribution in [0.2, 0.25) is 0 Å². The summed E-state index contributed by atoms with van der Waals surface area (Å²) in [6.45, 7) is 1.41. The summed E-state index contributed by atoms with van der Waals surface area (Å²) in [7, 11) is 0. The van der Waals surface area contributed by atoms with E-state index in [1.54, 1.807) is 0 Å². The molecule has 0 spiro atoms. The zero-order valence-corrected chi connectivity index (χ0v) is 9.04. The molecule has 1 fully saturated rings. The van der Waals surface area contributed by atoms with Crippen LogP contribution < -0.4 is 11.1 Å². The maximum Gasteiger partial charge on any atom is 0.0431 e. The fourth-order valence-electron chi connectivity index (χ4n) is 2.13. The van der Waals surface area contributed by atoms with Crippen LogP contribution in [0, 0.1) is 0 Å². The van der Waals surface area contributed by atoms with Gasteiger partial charge in [-0.25, -0.2) is 0 Å². The molecule has 0 aliphatic heterocycles. The van der Waals surface area contributed by atoms with E-state index < -0.39 is 0 Å². The Labute approximate surface area is 87.1 Å². The topological polar surface area (TPSA) is 58.3 Å². The number of unbranched alkanes of at least 4 members (excludes halogenated alkanes) is 2. The van der Waals surface area contributed by atoms with Gasteiger partial charge in [0.1, 0.15) is 0 Å². The smallest absolute Gasteiger partial charge is 0.0431 e. The average molecular weight is 200 g/mol. The minimum atomic E-state index is 0.328. The lowest BCUT2D eigenvalue weighted by molar-refractivity contribution is 0.281. The standard InChI is InChI=1S/C11H24N2O/c12-10-5-4-6-11(9-10)13-7-2-1-3-8-14/h10-11,13-14H,1-9,12H2. The van der Waals surface area contributed by atoms with E-state index in [0.29, 0.717) is 18.7 Å². The van der Waals surface area contributed by atoms with Gasteiger partial charge < -0.3 is 16.2 Å². The van der Waals surface area contributed by atoms with Crippen molar-refractivity contribution in [2.75, 3.05) is 13.2 Å². The highest BCUT2D eigenvalue weighted by Gasteiger charge is 2.17. The molecule has 0 amide bonds. The molecule has 0 aromatic carbocycles. The van der Waals surface area contributed by atoms with Crippen molar-refractivity contribution in [2.45, 2.75) is 57.0 Å². The molecule has 1 rings (SSSR count). The van der Waals surface area contributed by atoms with Crippen molar-refractivity contribution in [2.24, 2.45) is 5.73 Å². The molecule has 0 aromatic heterocycles. The molecule has 14 heavy (non-hydrogen) atoms. The first-order valence-corrected chi connectivity index (χ1v) is 5.92. The molecule has 1 aliphatic rings. The van der Waals surface area contributed by atoms with E-state index in [1.807, 2.05) is 0 Å². The highest BCUT2D eigenvalue weighted by Crippen LogP contribution is 2.16. The fourth-order valence-corrected chi connectivity index (χ4v) is 2.13. The number of aliphatic hydroxyl groups is 1. The summed E-state index contributed by atoms with van der Waals surface area (Å²) < 4.78 is 0. The second-order valence-electron chi connectivity index (χ2n) is 4.36. The molecule has 4 N–H and O–H groups in total. The predicted octanol–water partition coefficient (Wildman–Crippen LogP) is 1.01. The van der Waals surface area contributed by atoms with Crippen LogP contribution in [0.5, 0.6) is 0 Å². The fraction of sp³-hybridized carbons (Fsp3) is 1.00. The molecule has 0 saturated heterocycles. The Bertz CT molecular complexity index is 141. The first kappa shape index (κ1) is 12.0. The molecule has 0 aromatic rings. The second kappa shape index (κ2) is 7.21. The van der Waals surface area contributed by atoms with Gasteiger partial charge in [-0.15, -0.1) is 0 Å². The normalized spacial score (nSPS) is 27.9. The minimum absolute atomic E-state index is 0.328. The van der Waals surface area contributed by atoms with Crippen LogP contribution in [0.4, 0.5) is 0 Å². The van der Waals surface area contributed by atoms with Gasteiger partial charge in [0.15, 0.2) is 0 Å². The monoisotopic (exact) mass is 200 g/mol. The van der Waals surface area contributed by atoms with Crippen LogP contribution in [0.15, 0.2) is 0 Å². The minimum Gasteiger partial charge on any atom is -0.396 e. The van der Waals surface area contributed by atoms with Gasteiger partial charge in [-0.3, -0.25) is 0 Å². The lowest BCUT2D eigenvalue weighted by Crippen LogP contribution is -2.39. The van der Waals surface area contributed by atoms with Crippen LogP contribution >= 0.6 is 0 Å². The van der Waals surface area contributed by atoms with Gasteiger partial charge in [-0.05, 0) is 45.1 Å². The molecule has 1 saturated carbocycles. The number of nitrogens with two attached hydrogens (primary N) is 1. The lowest BCUT2D eigenvalue weighted by atomic mass is 9.91. The Morgan fingerprint density at radius 3 is 2.79 bits per heavy atom. The van der Waals surface area contributed by atoms with E-state index >= 15 is 0 Å². The van der Waals surface area contributed by atoms with Gasteiger partial charge in [0.25, 0.3) is 0 Å². The third-order valence-corrected chi connectivity index (χ3v) is 2.98. The van der Waals surface area contributed by atoms with Crippen LogP contribution in [0.1, 0.15) is 44.9 Å². The third kappa shape index (κ3) is 4.94. The van der Waals surface area contributed by atoms with E-state index in [9.17, 15) is 0 Å². The summed E-state index contributed by atoms with van der Waals surface area (Å²) >= 11 is 0. The average Bonchev–Trinajstić information content (AvgIpc) is 2.18. The zero-order valence-electron chi connectivity index (χ0n) is 9.04. The SMILES string of the molecule is NC1CCCC(NCCCCCO)C1. The molecular formula is C11H24N2O. The molecule has 2 unspecified atom stereocenters. The Hall–Kier alpha value is -0.120. The maximum absolute atomic E-state index is 8.61. The quantitative estimate of drug-likeness (QED) is 0.561. The van der Waals surface area contributed by atoms with Gasteiger partial charge >= 0.3 is 0 Å². The van der Waals surface area contributed by atoms with Crippen molar-refractivity contribution in [1.29, 1.82) is 0 Å². The van der Waals surface area contributed by atoms with Crippen molar-refractivity contribution < 1.29 is 5.11 Å². The van der Waals surface area contributed by atoms with E-state index in [4.69, 9.17) is 10.8 Å². The molecular weight excluding hydrogens is 176 g/mol. The van der Waals surface area contributed by atoms with Gasteiger partial charge in [0.2, 0.25) is 0 Å². The number of aliphatic hydroxyl groups excluding tert-OH is 1. The van der Waals surface area contributed by atoms with E-state index in [-0.39, 0.29) is 0 Å². The third-order valence-electron chi connectivity index (χ3n) is 2.98. The summed E-state index contributed by atoms with van der Waals surface area (Å²) in [5, 5.41) is 12.2. The van der Waals surface area contributed by atoms with Gasteiger partial charge in [0, 0.05) is 18.7 Å². The first-order chi connectivity index (χ1) is 6.83. The van der Waals surface area contributed by atoms with Crippen molar-refractivity contribution in [3.05, 3.63) is 0 Å². The molecule has 84 valence electrons. The molecule has 3 heteroatoms. The van der Waals surface area contributed by atoms with E-state index in [0.717, 1.165) is 25.8 Å². The van der Waals surface area contributed by atoms with Gasteiger partial charge in [-0.1, -0.05) is 6.42 Å². The van der Waals surface area contributed by atoms with Gasteiger partial charge in [0.05, 0.1) is 0 Å². The molecule has 3 nitrogen and oxygen atoms in total. The van der Waals surface area contributed by atoms with Crippen molar-refractivity contribution in [3.63, 3.8) is 0 Å². The Kier molecular flexibility index (Phi) is 6.15. The molecule has 0 bridgehead atoms. The molecule has 1 aliphatic carbocycles. The highest BCUT2D eigenvalue weighted by molar-refractivity contribution is 4.79. The highest BCUT2D eigenvalue weighted by atomic mass is 16.2. The number of rotatable bonds is 6. The summed E-state index contributed by atoms with van der Waals surface area (Å²) in [5.74, 6) is 0. The van der Waals surface area contributed by atoms with E-state index in [1.165, 1.54) is 25.7 Å². The van der Waals surface area contributed by atoms with E-state index in [2.05, 4.69) is 5.32 Å². The maximum atomic E-state index is 8.61. The Morgan fingerprint density at radius 1 is 1.21 bits per heavy atom. The molecule has 2 atom stereocenters. The van der Waals surface area contributed by atoms with Crippen molar-refractivity contribution in [3.8, 4) is 0 Å². The number of nitrogens with one attached hydrogen (secondary N) is 1. The summed E-state index contributed by atoms with van der Waals surface area (Å²) in [4.78, 5) is 0.